The van der Waals surface area contributed by atoms with Gasteiger partial charge in [-0.2, -0.15) is 8.78 Å². The molecule has 1 rings (SSSR count). The predicted molar refractivity (Wildman–Crippen MR) is 53.3 cm³/mol. The molecule has 0 spiro atoms. The molecule has 0 heterocycles. The van der Waals surface area contributed by atoms with Crippen molar-refractivity contribution in [2.45, 2.75) is 20.0 Å². The van der Waals surface area contributed by atoms with Gasteiger partial charge in [0.25, 0.3) is 0 Å². The third kappa shape index (κ3) is 3.37. The van der Waals surface area contributed by atoms with E-state index in [1.54, 1.807) is 0 Å². The number of carbonyl (C=O) groups excluding carboxylic acids is 1. The summed E-state index contributed by atoms with van der Waals surface area (Å²) < 4.78 is 47.5. The maximum atomic E-state index is 13.2. The average molecular weight is 248 g/mol. The molecule has 0 atom stereocenters. The van der Waals surface area contributed by atoms with Crippen molar-refractivity contribution in [3.8, 4) is 5.75 Å². The molecule has 0 bridgehead atoms. The van der Waals surface area contributed by atoms with Crippen LogP contribution in [0.1, 0.15) is 12.5 Å². The van der Waals surface area contributed by atoms with Crippen LogP contribution in [0, 0.1) is 12.7 Å². The van der Waals surface area contributed by atoms with Gasteiger partial charge in [-0.1, -0.05) is 6.07 Å². The molecule has 0 aromatic heterocycles. The second-order valence-electron chi connectivity index (χ2n) is 3.25. The van der Waals surface area contributed by atoms with Crippen molar-refractivity contribution in [2.75, 3.05) is 6.61 Å². The molecular formula is C11H11F3O3. The van der Waals surface area contributed by atoms with Crippen molar-refractivity contribution < 1.29 is 27.4 Å². The summed E-state index contributed by atoms with van der Waals surface area (Å²) in [6.45, 7) is 2.65. The highest BCUT2D eigenvalue weighted by Gasteiger charge is 2.44. The minimum atomic E-state index is -4.13. The summed E-state index contributed by atoms with van der Waals surface area (Å²) in [4.78, 5) is 10.9. The summed E-state index contributed by atoms with van der Waals surface area (Å²) in [5.74, 6) is -2.93. The van der Waals surface area contributed by atoms with E-state index in [9.17, 15) is 18.0 Å². The third-order valence-electron chi connectivity index (χ3n) is 1.90. The summed E-state index contributed by atoms with van der Waals surface area (Å²) in [5, 5.41) is 0. The van der Waals surface area contributed by atoms with Crippen LogP contribution in [0.15, 0.2) is 18.2 Å². The number of hydrogen-bond acceptors (Lipinski definition) is 3. The van der Waals surface area contributed by atoms with Crippen LogP contribution in [0.25, 0.3) is 0 Å². The van der Waals surface area contributed by atoms with Gasteiger partial charge in [-0.25, -0.2) is 9.18 Å². The largest absolute Gasteiger partial charge is 0.502 e. The molecule has 6 heteroatoms. The first-order chi connectivity index (χ1) is 7.86. The molecule has 17 heavy (non-hydrogen) atoms. The molecule has 3 nitrogen and oxygen atoms in total. The molecule has 0 saturated carbocycles. The smallest absolute Gasteiger partial charge is 0.459 e. The van der Waals surface area contributed by atoms with E-state index < -0.39 is 23.6 Å². The van der Waals surface area contributed by atoms with Gasteiger partial charge in [0.1, 0.15) is 11.6 Å². The van der Waals surface area contributed by atoms with E-state index in [2.05, 4.69) is 9.47 Å². The fourth-order valence-corrected chi connectivity index (χ4v) is 1.08. The van der Waals surface area contributed by atoms with Gasteiger partial charge >= 0.3 is 12.1 Å². The number of carbonyl (C=O) groups is 1. The summed E-state index contributed by atoms with van der Waals surface area (Å²) in [7, 11) is 0. The summed E-state index contributed by atoms with van der Waals surface area (Å²) in [5.41, 5.74) is 0.287. The lowest BCUT2D eigenvalue weighted by Gasteiger charge is -2.17. The highest BCUT2D eigenvalue weighted by Crippen LogP contribution is 2.26. The molecule has 0 aliphatic carbocycles. The van der Waals surface area contributed by atoms with Gasteiger partial charge in [0.05, 0.1) is 6.61 Å². The molecule has 94 valence electrons. The summed E-state index contributed by atoms with van der Waals surface area (Å²) in [6, 6.07) is 3.15. The molecule has 0 saturated heterocycles. The SMILES string of the molecule is CCOC(=O)C(F)(F)Oc1cc(F)ccc1C. The Balaban J connectivity index is 2.89. The quantitative estimate of drug-likeness (QED) is 0.768. The monoisotopic (exact) mass is 248 g/mol. The Morgan fingerprint density at radius 1 is 1.41 bits per heavy atom. The third-order valence-corrected chi connectivity index (χ3v) is 1.90. The lowest BCUT2D eigenvalue weighted by molar-refractivity contribution is -0.216. The molecule has 0 radical (unpaired) electrons. The Morgan fingerprint density at radius 3 is 2.65 bits per heavy atom. The first-order valence-corrected chi connectivity index (χ1v) is 4.87. The standard InChI is InChI=1S/C11H11F3O3/c1-3-16-10(15)11(13,14)17-9-6-8(12)5-4-7(9)2/h4-6H,3H2,1-2H3. The van der Waals surface area contributed by atoms with Gasteiger partial charge in [0.15, 0.2) is 0 Å². The Hall–Kier alpha value is -1.72. The fraction of sp³-hybridized carbons (Fsp3) is 0.364. The molecule has 0 N–H and O–H groups in total. The Morgan fingerprint density at radius 2 is 2.06 bits per heavy atom. The van der Waals surface area contributed by atoms with E-state index in [1.807, 2.05) is 0 Å². The maximum Gasteiger partial charge on any atom is 0.502 e. The summed E-state index contributed by atoms with van der Waals surface area (Å²) in [6.07, 6.45) is -4.13. The van der Waals surface area contributed by atoms with E-state index in [1.165, 1.54) is 19.9 Å². The molecule has 0 amide bonds. The maximum absolute atomic E-state index is 13.2. The van der Waals surface area contributed by atoms with Crippen LogP contribution in [-0.2, 0) is 9.53 Å². The molecule has 0 aliphatic rings. The van der Waals surface area contributed by atoms with Crippen molar-refractivity contribution in [2.24, 2.45) is 0 Å². The fourth-order valence-electron chi connectivity index (χ4n) is 1.08. The average Bonchev–Trinajstić information content (AvgIpc) is 2.23. The zero-order valence-electron chi connectivity index (χ0n) is 9.30. The van der Waals surface area contributed by atoms with Crippen LogP contribution in [0.4, 0.5) is 13.2 Å². The Bertz CT molecular complexity index is 418. The number of benzene rings is 1. The minimum absolute atomic E-state index is 0.195. The van der Waals surface area contributed by atoms with E-state index in [0.717, 1.165) is 12.1 Å². The van der Waals surface area contributed by atoms with Crippen LogP contribution in [-0.4, -0.2) is 18.7 Å². The number of hydrogen-bond donors (Lipinski definition) is 0. The predicted octanol–water partition coefficient (Wildman–Crippen LogP) is 2.67. The first-order valence-electron chi connectivity index (χ1n) is 4.87. The lowest BCUT2D eigenvalue weighted by Crippen LogP contribution is -2.37. The normalized spacial score (nSPS) is 11.1. The van der Waals surface area contributed by atoms with Crippen molar-refractivity contribution in [1.29, 1.82) is 0 Å². The lowest BCUT2D eigenvalue weighted by atomic mass is 10.2. The first kappa shape index (κ1) is 13.3. The number of aryl methyl sites for hydroxylation is 1. The van der Waals surface area contributed by atoms with E-state index in [-0.39, 0.29) is 12.2 Å². The second kappa shape index (κ2) is 5.07. The number of halogens is 3. The van der Waals surface area contributed by atoms with Crippen molar-refractivity contribution in [3.63, 3.8) is 0 Å². The molecule has 1 aromatic carbocycles. The van der Waals surface area contributed by atoms with Gasteiger partial charge in [-0.3, -0.25) is 0 Å². The van der Waals surface area contributed by atoms with Gasteiger partial charge < -0.3 is 9.47 Å². The molecule has 0 unspecified atom stereocenters. The zero-order valence-corrected chi connectivity index (χ0v) is 9.30. The van der Waals surface area contributed by atoms with Crippen LogP contribution >= 0.6 is 0 Å². The highest BCUT2D eigenvalue weighted by molar-refractivity contribution is 5.76. The van der Waals surface area contributed by atoms with Crippen LogP contribution in [0.5, 0.6) is 5.75 Å². The van der Waals surface area contributed by atoms with Crippen LogP contribution in [0.2, 0.25) is 0 Å². The number of alkyl halides is 2. The molecule has 1 aromatic rings. The summed E-state index contributed by atoms with van der Waals surface area (Å²) >= 11 is 0. The molecular weight excluding hydrogens is 237 g/mol. The van der Waals surface area contributed by atoms with Gasteiger partial charge in [0, 0.05) is 6.07 Å². The van der Waals surface area contributed by atoms with Gasteiger partial charge in [-0.05, 0) is 25.5 Å². The van der Waals surface area contributed by atoms with E-state index in [4.69, 9.17) is 0 Å². The molecule has 0 fully saturated rings. The van der Waals surface area contributed by atoms with Crippen LogP contribution in [0.3, 0.4) is 0 Å². The van der Waals surface area contributed by atoms with Crippen molar-refractivity contribution in [1.82, 2.24) is 0 Å². The Kier molecular flexibility index (Phi) is 3.98. The molecule has 0 aliphatic heterocycles. The van der Waals surface area contributed by atoms with Crippen LogP contribution < -0.4 is 4.74 Å². The van der Waals surface area contributed by atoms with Crippen molar-refractivity contribution in [3.05, 3.63) is 29.6 Å². The van der Waals surface area contributed by atoms with Crippen molar-refractivity contribution >= 4 is 5.97 Å². The van der Waals surface area contributed by atoms with Gasteiger partial charge in [0.2, 0.25) is 0 Å². The Labute approximate surface area is 96.1 Å². The second-order valence-corrected chi connectivity index (χ2v) is 3.25. The van der Waals surface area contributed by atoms with Gasteiger partial charge in [-0.15, -0.1) is 0 Å². The highest BCUT2D eigenvalue weighted by atomic mass is 19.3. The topological polar surface area (TPSA) is 35.5 Å². The number of rotatable bonds is 4. The van der Waals surface area contributed by atoms with E-state index in [0.29, 0.717) is 0 Å². The number of esters is 1. The zero-order chi connectivity index (χ0) is 13.1. The minimum Gasteiger partial charge on any atom is -0.459 e. The number of ether oxygens (including phenoxy) is 2. The van der Waals surface area contributed by atoms with E-state index >= 15 is 0 Å².